The first-order valence-electron chi connectivity index (χ1n) is 7.66. The summed E-state index contributed by atoms with van der Waals surface area (Å²) < 4.78 is 5.48. The highest BCUT2D eigenvalue weighted by atomic mass is 16.3. The summed E-state index contributed by atoms with van der Waals surface area (Å²) in [6.07, 6.45) is 5.95. The number of nitrogens with one attached hydrogen (secondary N) is 1. The van der Waals surface area contributed by atoms with E-state index >= 15 is 0 Å². The van der Waals surface area contributed by atoms with Gasteiger partial charge in [0.15, 0.2) is 0 Å². The van der Waals surface area contributed by atoms with Crippen LogP contribution in [-0.2, 0) is 0 Å². The molecule has 20 heavy (non-hydrogen) atoms. The van der Waals surface area contributed by atoms with E-state index in [9.17, 15) is 0 Å². The van der Waals surface area contributed by atoms with E-state index < -0.39 is 0 Å². The van der Waals surface area contributed by atoms with Gasteiger partial charge >= 0.3 is 0 Å². The average molecular weight is 269 g/mol. The zero-order valence-electron chi connectivity index (χ0n) is 12.4. The fraction of sp³-hybridized carbons (Fsp3) is 0.444. The molecule has 0 radical (unpaired) electrons. The minimum absolute atomic E-state index is 0.234. The lowest BCUT2D eigenvalue weighted by Crippen LogP contribution is -2.22. The Labute approximate surface area is 121 Å². The monoisotopic (exact) mass is 269 g/mol. The van der Waals surface area contributed by atoms with E-state index in [0.29, 0.717) is 0 Å². The third-order valence-corrected chi connectivity index (χ3v) is 4.31. The molecule has 0 amide bonds. The standard InChI is InChI=1S/C18H23NO/c1-3-19-18(17-10-13(2)20-12-17)16-9-5-8-15(11-16)14-6-4-7-14/h5,8-12,14,18-19H,3-4,6-7H2,1-2H3. The van der Waals surface area contributed by atoms with Crippen LogP contribution in [0.4, 0.5) is 0 Å². The summed E-state index contributed by atoms with van der Waals surface area (Å²) in [6, 6.07) is 11.4. The van der Waals surface area contributed by atoms with Crippen molar-refractivity contribution >= 4 is 0 Å². The molecule has 1 unspecified atom stereocenters. The number of hydrogen-bond donors (Lipinski definition) is 1. The van der Waals surface area contributed by atoms with Gasteiger partial charge in [0.2, 0.25) is 0 Å². The van der Waals surface area contributed by atoms with E-state index in [-0.39, 0.29) is 6.04 Å². The van der Waals surface area contributed by atoms with Crippen molar-refractivity contribution in [3.63, 3.8) is 0 Å². The summed E-state index contributed by atoms with van der Waals surface area (Å²) in [5, 5.41) is 3.57. The number of rotatable bonds is 5. The van der Waals surface area contributed by atoms with E-state index in [0.717, 1.165) is 18.2 Å². The predicted molar refractivity (Wildman–Crippen MR) is 82.0 cm³/mol. The van der Waals surface area contributed by atoms with Crippen LogP contribution in [0.1, 0.15) is 60.6 Å². The van der Waals surface area contributed by atoms with Crippen molar-refractivity contribution in [2.45, 2.75) is 45.1 Å². The smallest absolute Gasteiger partial charge is 0.101 e. The minimum atomic E-state index is 0.234. The number of hydrogen-bond acceptors (Lipinski definition) is 2. The molecule has 2 aromatic rings. The molecule has 2 nitrogen and oxygen atoms in total. The normalized spacial score (nSPS) is 16.9. The summed E-state index contributed by atoms with van der Waals surface area (Å²) in [7, 11) is 0. The average Bonchev–Trinajstić information content (AvgIpc) is 2.81. The second-order valence-corrected chi connectivity index (χ2v) is 5.78. The Hall–Kier alpha value is -1.54. The zero-order valence-corrected chi connectivity index (χ0v) is 12.4. The van der Waals surface area contributed by atoms with E-state index in [4.69, 9.17) is 4.42 Å². The van der Waals surface area contributed by atoms with Crippen LogP contribution in [0.5, 0.6) is 0 Å². The molecular formula is C18H23NO. The first-order valence-corrected chi connectivity index (χ1v) is 7.66. The van der Waals surface area contributed by atoms with Crippen LogP contribution in [0, 0.1) is 6.92 Å². The molecule has 1 heterocycles. The summed E-state index contributed by atoms with van der Waals surface area (Å²) in [6.45, 7) is 5.09. The molecule has 0 aliphatic heterocycles. The highest BCUT2D eigenvalue weighted by molar-refractivity contribution is 5.35. The Balaban J connectivity index is 1.90. The van der Waals surface area contributed by atoms with Crippen molar-refractivity contribution in [1.29, 1.82) is 0 Å². The van der Waals surface area contributed by atoms with E-state index in [2.05, 4.69) is 42.6 Å². The first-order chi connectivity index (χ1) is 9.78. The lowest BCUT2D eigenvalue weighted by atomic mass is 9.79. The topological polar surface area (TPSA) is 25.2 Å². The summed E-state index contributed by atoms with van der Waals surface area (Å²) >= 11 is 0. The Morgan fingerprint density at radius 2 is 2.10 bits per heavy atom. The largest absolute Gasteiger partial charge is 0.469 e. The maximum Gasteiger partial charge on any atom is 0.101 e. The molecule has 3 rings (SSSR count). The molecule has 1 aliphatic carbocycles. The van der Waals surface area contributed by atoms with Crippen molar-refractivity contribution in [3.8, 4) is 0 Å². The second kappa shape index (κ2) is 5.84. The van der Waals surface area contributed by atoms with Crippen LogP contribution in [0.25, 0.3) is 0 Å². The van der Waals surface area contributed by atoms with Gasteiger partial charge in [-0.15, -0.1) is 0 Å². The predicted octanol–water partition coefficient (Wildman–Crippen LogP) is 4.55. The SMILES string of the molecule is CCNC(c1cccc(C2CCC2)c1)c1coc(C)c1. The Morgan fingerprint density at radius 3 is 2.70 bits per heavy atom. The molecule has 1 aliphatic rings. The number of benzene rings is 1. The molecule has 1 saturated carbocycles. The molecule has 1 N–H and O–H groups in total. The van der Waals surface area contributed by atoms with Crippen molar-refractivity contribution < 1.29 is 4.42 Å². The molecule has 0 saturated heterocycles. The van der Waals surface area contributed by atoms with Crippen LogP contribution in [-0.4, -0.2) is 6.54 Å². The van der Waals surface area contributed by atoms with Gasteiger partial charge in [0.05, 0.1) is 12.3 Å². The lowest BCUT2D eigenvalue weighted by molar-refractivity contribution is 0.419. The van der Waals surface area contributed by atoms with E-state index in [1.54, 1.807) is 0 Å². The van der Waals surface area contributed by atoms with Crippen LogP contribution < -0.4 is 5.32 Å². The van der Waals surface area contributed by atoms with Crippen molar-refractivity contribution in [2.75, 3.05) is 6.54 Å². The Morgan fingerprint density at radius 1 is 1.25 bits per heavy atom. The summed E-state index contributed by atoms with van der Waals surface area (Å²) in [4.78, 5) is 0. The van der Waals surface area contributed by atoms with Gasteiger partial charge in [0, 0.05) is 5.56 Å². The van der Waals surface area contributed by atoms with E-state index in [1.807, 2.05) is 13.2 Å². The van der Waals surface area contributed by atoms with Gasteiger partial charge in [0.25, 0.3) is 0 Å². The molecular weight excluding hydrogens is 246 g/mol. The molecule has 106 valence electrons. The highest BCUT2D eigenvalue weighted by Gasteiger charge is 2.21. The molecule has 0 spiro atoms. The maximum atomic E-state index is 5.48. The van der Waals surface area contributed by atoms with Gasteiger partial charge in [0.1, 0.15) is 5.76 Å². The molecule has 1 aromatic heterocycles. The molecule has 1 aromatic carbocycles. The number of furan rings is 1. The zero-order chi connectivity index (χ0) is 13.9. The van der Waals surface area contributed by atoms with E-state index in [1.165, 1.54) is 36.0 Å². The van der Waals surface area contributed by atoms with Gasteiger partial charge < -0.3 is 9.73 Å². The van der Waals surface area contributed by atoms with Crippen LogP contribution in [0.3, 0.4) is 0 Å². The van der Waals surface area contributed by atoms with Gasteiger partial charge in [-0.05, 0) is 49.4 Å². The third kappa shape index (κ3) is 2.66. The van der Waals surface area contributed by atoms with Crippen molar-refractivity contribution in [3.05, 3.63) is 59.0 Å². The molecule has 1 fully saturated rings. The van der Waals surface area contributed by atoms with Gasteiger partial charge in [-0.25, -0.2) is 0 Å². The maximum absolute atomic E-state index is 5.48. The quantitative estimate of drug-likeness (QED) is 0.861. The second-order valence-electron chi connectivity index (χ2n) is 5.78. The Kier molecular flexibility index (Phi) is 3.93. The molecule has 2 heteroatoms. The van der Waals surface area contributed by atoms with Crippen molar-refractivity contribution in [2.24, 2.45) is 0 Å². The fourth-order valence-corrected chi connectivity index (χ4v) is 2.98. The summed E-state index contributed by atoms with van der Waals surface area (Å²) in [5.74, 6) is 1.75. The van der Waals surface area contributed by atoms with Crippen LogP contribution >= 0.6 is 0 Å². The van der Waals surface area contributed by atoms with Gasteiger partial charge in [-0.1, -0.05) is 37.6 Å². The fourth-order valence-electron chi connectivity index (χ4n) is 2.98. The molecule has 1 atom stereocenters. The summed E-state index contributed by atoms with van der Waals surface area (Å²) in [5.41, 5.74) is 4.06. The van der Waals surface area contributed by atoms with Gasteiger partial charge in [-0.2, -0.15) is 0 Å². The first kappa shape index (κ1) is 13.4. The Bertz CT molecular complexity index is 568. The number of aryl methyl sites for hydroxylation is 1. The minimum Gasteiger partial charge on any atom is -0.469 e. The third-order valence-electron chi connectivity index (χ3n) is 4.31. The lowest BCUT2D eigenvalue weighted by Gasteiger charge is -2.27. The highest BCUT2D eigenvalue weighted by Crippen LogP contribution is 2.37. The molecule has 0 bridgehead atoms. The van der Waals surface area contributed by atoms with Gasteiger partial charge in [-0.3, -0.25) is 0 Å². The van der Waals surface area contributed by atoms with Crippen LogP contribution in [0.15, 0.2) is 41.0 Å². The van der Waals surface area contributed by atoms with Crippen LogP contribution in [0.2, 0.25) is 0 Å². The van der Waals surface area contributed by atoms with Crippen molar-refractivity contribution in [1.82, 2.24) is 5.32 Å².